The first-order valence-corrected chi connectivity index (χ1v) is 8.93. The molecule has 0 bridgehead atoms. The summed E-state index contributed by atoms with van der Waals surface area (Å²) in [5, 5.41) is 0. The summed E-state index contributed by atoms with van der Waals surface area (Å²) in [6.07, 6.45) is 0.515. The lowest BCUT2D eigenvalue weighted by Gasteiger charge is -2.36. The number of anilines is 1. The number of halogens is 4. The number of ketones is 1. The van der Waals surface area contributed by atoms with E-state index in [1.807, 2.05) is 36.4 Å². The molecule has 0 N–H and O–H groups in total. The van der Waals surface area contributed by atoms with E-state index in [9.17, 15) is 9.18 Å². The Bertz CT molecular complexity index is 707. The summed E-state index contributed by atoms with van der Waals surface area (Å²) in [5.74, 6) is -0.00426. The molecule has 1 saturated heterocycles. The minimum Gasteiger partial charge on any atom is -0.367 e. The maximum Gasteiger partial charge on any atom is 0.164 e. The Labute approximate surface area is 174 Å². The fourth-order valence-electron chi connectivity index (χ4n) is 2.96. The lowest BCUT2D eigenvalue weighted by Crippen LogP contribution is -2.47. The lowest BCUT2D eigenvalue weighted by atomic mass is 10.1. The van der Waals surface area contributed by atoms with Crippen molar-refractivity contribution < 1.29 is 9.18 Å². The molecule has 3 rings (SSSR count). The number of carbonyl (C=O) groups is 1. The van der Waals surface area contributed by atoms with Gasteiger partial charge in [-0.25, -0.2) is 4.39 Å². The van der Waals surface area contributed by atoms with Gasteiger partial charge in [0.25, 0.3) is 0 Å². The van der Waals surface area contributed by atoms with Crippen molar-refractivity contribution in [3.63, 3.8) is 0 Å². The molecule has 0 aliphatic carbocycles. The topological polar surface area (TPSA) is 23.6 Å². The Kier molecular flexibility index (Phi) is 9.58. The Morgan fingerprint density at radius 1 is 0.962 bits per heavy atom. The maximum atomic E-state index is 13.8. The van der Waals surface area contributed by atoms with Crippen molar-refractivity contribution in [3.8, 4) is 0 Å². The summed E-state index contributed by atoms with van der Waals surface area (Å²) in [4.78, 5) is 16.6. The van der Waals surface area contributed by atoms with E-state index in [0.29, 0.717) is 12.1 Å². The molecule has 1 aliphatic heterocycles. The van der Waals surface area contributed by atoms with Gasteiger partial charge in [0.1, 0.15) is 5.82 Å². The van der Waals surface area contributed by atoms with Gasteiger partial charge in [-0.15, -0.1) is 24.8 Å². The molecule has 2 aromatic carbocycles. The number of benzene rings is 2. The number of para-hydroxylation sites is 1. The van der Waals surface area contributed by atoms with E-state index in [0.717, 1.165) is 42.8 Å². The van der Waals surface area contributed by atoms with Crippen LogP contribution in [0, 0.1) is 5.82 Å². The number of Topliss-reactive ketones (excluding diaryl/α,β-unsaturated/α-hetero) is 1. The zero-order chi connectivity index (χ0) is 16.9. The summed E-state index contributed by atoms with van der Waals surface area (Å²) in [5.41, 5.74) is 1.42. The van der Waals surface area contributed by atoms with Crippen LogP contribution >= 0.6 is 40.7 Å². The predicted octanol–water partition coefficient (Wildman–Crippen LogP) is 4.83. The van der Waals surface area contributed by atoms with Gasteiger partial charge in [0.05, 0.1) is 5.69 Å². The number of nitrogens with zero attached hydrogens (tertiary/aromatic N) is 2. The standard InChI is InChI=1S/C19H20BrFN2O.2ClH/c20-16-7-5-15(6-8-16)19(24)9-10-22-11-13-23(14-12-22)18-4-2-1-3-17(18)21;;/h1-8H,9-14H2;2*1H. The second-order valence-corrected chi connectivity index (χ2v) is 6.88. The van der Waals surface area contributed by atoms with Crippen LogP contribution in [0.5, 0.6) is 0 Å². The number of carbonyl (C=O) groups excluding carboxylic acids is 1. The largest absolute Gasteiger partial charge is 0.367 e. The van der Waals surface area contributed by atoms with Gasteiger partial charge in [-0.1, -0.05) is 40.2 Å². The van der Waals surface area contributed by atoms with E-state index in [-0.39, 0.29) is 36.4 Å². The van der Waals surface area contributed by atoms with Crippen LogP contribution in [0.15, 0.2) is 53.0 Å². The molecule has 0 amide bonds. The van der Waals surface area contributed by atoms with Gasteiger partial charge in [0.2, 0.25) is 0 Å². The normalized spacial score (nSPS) is 14.3. The highest BCUT2D eigenvalue weighted by Crippen LogP contribution is 2.20. The Morgan fingerprint density at radius 3 is 2.19 bits per heavy atom. The van der Waals surface area contributed by atoms with Crippen LogP contribution in [0.25, 0.3) is 0 Å². The molecule has 2 aromatic rings. The van der Waals surface area contributed by atoms with Crippen LogP contribution in [0.3, 0.4) is 0 Å². The fourth-order valence-corrected chi connectivity index (χ4v) is 3.22. The minimum atomic E-state index is -0.170. The maximum absolute atomic E-state index is 13.8. The Hall–Kier alpha value is -1.14. The SMILES string of the molecule is Cl.Cl.O=C(CCN1CCN(c2ccccc2F)CC1)c1ccc(Br)cc1. The monoisotopic (exact) mass is 462 g/mol. The third kappa shape index (κ3) is 5.95. The highest BCUT2D eigenvalue weighted by Gasteiger charge is 2.19. The summed E-state index contributed by atoms with van der Waals surface area (Å²) >= 11 is 3.38. The zero-order valence-electron chi connectivity index (χ0n) is 14.2. The van der Waals surface area contributed by atoms with Gasteiger partial charge in [0, 0.05) is 49.2 Å². The van der Waals surface area contributed by atoms with Crippen LogP contribution in [-0.4, -0.2) is 43.4 Å². The Balaban J connectivity index is 0.00000169. The lowest BCUT2D eigenvalue weighted by molar-refractivity contribution is 0.0962. The van der Waals surface area contributed by atoms with E-state index in [1.165, 1.54) is 6.07 Å². The summed E-state index contributed by atoms with van der Waals surface area (Å²) in [7, 11) is 0. The first-order chi connectivity index (χ1) is 11.6. The van der Waals surface area contributed by atoms with E-state index in [4.69, 9.17) is 0 Å². The van der Waals surface area contributed by atoms with E-state index in [2.05, 4.69) is 25.7 Å². The summed E-state index contributed by atoms with van der Waals surface area (Å²) in [6, 6.07) is 14.4. The van der Waals surface area contributed by atoms with Crippen molar-refractivity contribution in [2.45, 2.75) is 6.42 Å². The minimum absolute atomic E-state index is 0. The smallest absolute Gasteiger partial charge is 0.164 e. The first kappa shape index (κ1) is 22.9. The number of hydrogen-bond acceptors (Lipinski definition) is 3. The van der Waals surface area contributed by atoms with Crippen molar-refractivity contribution in [1.82, 2.24) is 4.90 Å². The van der Waals surface area contributed by atoms with Crippen LogP contribution in [-0.2, 0) is 0 Å². The number of hydrogen-bond donors (Lipinski definition) is 0. The van der Waals surface area contributed by atoms with Crippen LogP contribution in [0.4, 0.5) is 10.1 Å². The number of piperazine rings is 1. The molecule has 1 heterocycles. The van der Waals surface area contributed by atoms with Gasteiger partial charge in [-0.05, 0) is 24.3 Å². The van der Waals surface area contributed by atoms with E-state index < -0.39 is 0 Å². The van der Waals surface area contributed by atoms with Gasteiger partial charge in [-0.3, -0.25) is 9.69 Å². The molecule has 0 atom stereocenters. The third-order valence-corrected chi connectivity index (χ3v) is 4.92. The number of rotatable bonds is 5. The van der Waals surface area contributed by atoms with Gasteiger partial charge in [-0.2, -0.15) is 0 Å². The van der Waals surface area contributed by atoms with Gasteiger partial charge in [0.15, 0.2) is 5.78 Å². The molecule has 0 saturated carbocycles. The third-order valence-electron chi connectivity index (χ3n) is 4.39. The summed E-state index contributed by atoms with van der Waals surface area (Å²) < 4.78 is 14.8. The molecule has 1 aliphatic rings. The second-order valence-electron chi connectivity index (χ2n) is 5.96. The molecule has 0 spiro atoms. The molecule has 7 heteroatoms. The fraction of sp³-hybridized carbons (Fsp3) is 0.316. The van der Waals surface area contributed by atoms with Crippen molar-refractivity contribution >= 4 is 52.2 Å². The molecule has 26 heavy (non-hydrogen) atoms. The molecule has 3 nitrogen and oxygen atoms in total. The average molecular weight is 464 g/mol. The Morgan fingerprint density at radius 2 is 1.58 bits per heavy atom. The van der Waals surface area contributed by atoms with Crippen molar-refractivity contribution in [2.24, 2.45) is 0 Å². The highest BCUT2D eigenvalue weighted by molar-refractivity contribution is 9.10. The predicted molar refractivity (Wildman–Crippen MR) is 113 cm³/mol. The quantitative estimate of drug-likeness (QED) is 0.593. The van der Waals surface area contributed by atoms with Crippen LogP contribution < -0.4 is 4.90 Å². The second kappa shape index (κ2) is 10.9. The van der Waals surface area contributed by atoms with E-state index >= 15 is 0 Å². The summed E-state index contributed by atoms with van der Waals surface area (Å²) in [6.45, 7) is 4.02. The average Bonchev–Trinajstić information content (AvgIpc) is 2.61. The van der Waals surface area contributed by atoms with Crippen molar-refractivity contribution in [3.05, 3.63) is 64.4 Å². The van der Waals surface area contributed by atoms with Gasteiger partial charge < -0.3 is 4.90 Å². The molecule has 142 valence electrons. The van der Waals surface area contributed by atoms with Crippen molar-refractivity contribution in [1.29, 1.82) is 0 Å². The van der Waals surface area contributed by atoms with E-state index in [1.54, 1.807) is 6.07 Å². The van der Waals surface area contributed by atoms with Crippen molar-refractivity contribution in [2.75, 3.05) is 37.6 Å². The molecular weight excluding hydrogens is 442 g/mol. The highest BCUT2D eigenvalue weighted by atomic mass is 79.9. The van der Waals surface area contributed by atoms with Crippen LogP contribution in [0.1, 0.15) is 16.8 Å². The molecule has 0 aromatic heterocycles. The molecule has 0 radical (unpaired) electrons. The molecule has 1 fully saturated rings. The molecular formula is C19H22BrCl2FN2O. The van der Waals surface area contributed by atoms with Gasteiger partial charge >= 0.3 is 0 Å². The molecule has 0 unspecified atom stereocenters. The first-order valence-electron chi connectivity index (χ1n) is 8.14. The van der Waals surface area contributed by atoms with Crippen LogP contribution in [0.2, 0.25) is 0 Å². The zero-order valence-corrected chi connectivity index (χ0v) is 17.5.